The van der Waals surface area contributed by atoms with E-state index in [2.05, 4.69) is 25.7 Å². The van der Waals surface area contributed by atoms with Crippen LogP contribution in [0.2, 0.25) is 0 Å². The minimum atomic E-state index is 1.07. The van der Waals surface area contributed by atoms with Crippen LogP contribution in [0.3, 0.4) is 0 Å². The smallest absolute Gasteiger partial charge is 0.0266 e. The molecule has 0 aliphatic carbocycles. The second-order valence-corrected chi connectivity index (χ2v) is 2.21. The van der Waals surface area contributed by atoms with E-state index in [0.717, 1.165) is 12.0 Å². The zero-order chi connectivity index (χ0) is 8.53. The summed E-state index contributed by atoms with van der Waals surface area (Å²) in [4.78, 5) is 0. The Bertz CT molecular complexity index is 180. The third kappa shape index (κ3) is 5.41. The van der Waals surface area contributed by atoms with Gasteiger partial charge in [0.1, 0.15) is 0 Å². The van der Waals surface area contributed by atoms with Crippen molar-refractivity contribution in [2.45, 2.75) is 20.3 Å². The normalized spacial score (nSPS) is 13.1. The Morgan fingerprint density at radius 3 is 2.64 bits per heavy atom. The summed E-state index contributed by atoms with van der Waals surface area (Å²) in [5.74, 6) is 0. The van der Waals surface area contributed by atoms with Crippen LogP contribution in [0.1, 0.15) is 20.3 Å². The van der Waals surface area contributed by atoms with Crippen molar-refractivity contribution in [3.63, 3.8) is 0 Å². The molecule has 0 atom stereocenters. The summed E-state index contributed by atoms with van der Waals surface area (Å²) in [5.41, 5.74) is 1.16. The highest BCUT2D eigenvalue weighted by atomic mass is 13.8. The first-order valence-electron chi connectivity index (χ1n) is 3.97. The molecule has 0 heterocycles. The molecule has 0 radical (unpaired) electrons. The largest absolute Gasteiger partial charge is 0.0985 e. The van der Waals surface area contributed by atoms with Crippen molar-refractivity contribution in [2.24, 2.45) is 0 Å². The molecule has 0 aromatic heterocycles. The molecule has 0 aliphatic rings. The zero-order valence-electron chi connectivity index (χ0n) is 7.38. The van der Waals surface area contributed by atoms with E-state index in [1.54, 1.807) is 0 Å². The van der Waals surface area contributed by atoms with Gasteiger partial charge in [0.15, 0.2) is 0 Å². The Hall–Kier alpha value is -1.04. The van der Waals surface area contributed by atoms with E-state index in [1.807, 2.05) is 31.2 Å². The maximum atomic E-state index is 3.71. The van der Waals surface area contributed by atoms with Gasteiger partial charge in [0, 0.05) is 0 Å². The second kappa shape index (κ2) is 7.07. The lowest BCUT2D eigenvalue weighted by Crippen LogP contribution is -1.67. The van der Waals surface area contributed by atoms with Crippen LogP contribution in [0.15, 0.2) is 48.6 Å². The van der Waals surface area contributed by atoms with Crippen LogP contribution in [0.5, 0.6) is 0 Å². The highest BCUT2D eigenvalue weighted by molar-refractivity contribution is 5.32. The van der Waals surface area contributed by atoms with Gasteiger partial charge in [-0.1, -0.05) is 50.0 Å². The summed E-state index contributed by atoms with van der Waals surface area (Å²) in [5, 5.41) is 0. The van der Waals surface area contributed by atoms with Crippen molar-refractivity contribution in [1.29, 1.82) is 0 Å². The predicted octanol–water partition coefficient (Wildman–Crippen LogP) is 3.64. The van der Waals surface area contributed by atoms with E-state index in [1.165, 1.54) is 0 Å². The molecule has 60 valence electrons. The Kier molecular flexibility index (Phi) is 6.40. The molecule has 0 N–H and O–H groups in total. The van der Waals surface area contributed by atoms with Gasteiger partial charge in [-0.05, 0) is 18.9 Å². The maximum absolute atomic E-state index is 3.71. The number of hydrogen-bond donors (Lipinski definition) is 0. The van der Waals surface area contributed by atoms with E-state index < -0.39 is 0 Å². The van der Waals surface area contributed by atoms with Crippen molar-refractivity contribution >= 4 is 0 Å². The van der Waals surface area contributed by atoms with Crippen LogP contribution in [0.25, 0.3) is 0 Å². The van der Waals surface area contributed by atoms with Gasteiger partial charge in [-0.2, -0.15) is 0 Å². The van der Waals surface area contributed by atoms with Crippen molar-refractivity contribution in [3.05, 3.63) is 48.6 Å². The van der Waals surface area contributed by atoms with E-state index in [9.17, 15) is 0 Å². The monoisotopic (exact) mass is 148 g/mol. The van der Waals surface area contributed by atoms with Gasteiger partial charge in [0.05, 0.1) is 0 Å². The van der Waals surface area contributed by atoms with Crippen LogP contribution in [-0.2, 0) is 0 Å². The molecule has 0 rings (SSSR count). The van der Waals surface area contributed by atoms with Crippen molar-refractivity contribution in [2.75, 3.05) is 0 Å². The molecule has 0 aromatic rings. The fraction of sp³-hybridized carbons (Fsp3) is 0.273. The first-order valence-corrected chi connectivity index (χ1v) is 3.97. The minimum absolute atomic E-state index is 1.07. The molecule has 11 heavy (non-hydrogen) atoms. The molecular weight excluding hydrogens is 132 g/mol. The molecule has 0 saturated heterocycles. The fourth-order valence-electron chi connectivity index (χ4n) is 0.653. The van der Waals surface area contributed by atoms with Crippen LogP contribution in [-0.4, -0.2) is 0 Å². The Balaban J connectivity index is 4.15. The molecule has 0 aliphatic heterocycles. The van der Waals surface area contributed by atoms with Crippen LogP contribution in [0, 0.1) is 0 Å². The van der Waals surface area contributed by atoms with Crippen molar-refractivity contribution < 1.29 is 0 Å². The quantitative estimate of drug-likeness (QED) is 0.534. The van der Waals surface area contributed by atoms with Crippen LogP contribution in [0.4, 0.5) is 0 Å². The molecule has 0 heteroatoms. The molecule has 0 unspecified atom stereocenters. The lowest BCUT2D eigenvalue weighted by atomic mass is 10.2. The Morgan fingerprint density at radius 2 is 2.18 bits per heavy atom. The lowest BCUT2D eigenvalue weighted by Gasteiger charge is -1.88. The molecule has 0 aromatic carbocycles. The predicted molar refractivity (Wildman–Crippen MR) is 52.5 cm³/mol. The fourth-order valence-corrected chi connectivity index (χ4v) is 0.653. The number of allylic oxidation sites excluding steroid dienone is 7. The summed E-state index contributed by atoms with van der Waals surface area (Å²) in [6, 6.07) is 0. The number of hydrogen-bond acceptors (Lipinski definition) is 0. The topological polar surface area (TPSA) is 0 Å². The van der Waals surface area contributed by atoms with Gasteiger partial charge in [-0.25, -0.2) is 0 Å². The molecule has 0 saturated carbocycles. The maximum Gasteiger partial charge on any atom is -0.0266 e. The van der Waals surface area contributed by atoms with Gasteiger partial charge < -0.3 is 0 Å². The van der Waals surface area contributed by atoms with E-state index in [-0.39, 0.29) is 0 Å². The molecule has 0 bridgehead atoms. The summed E-state index contributed by atoms with van der Waals surface area (Å²) in [7, 11) is 0. The summed E-state index contributed by atoms with van der Waals surface area (Å²) in [6.07, 6.45) is 13.2. The average molecular weight is 148 g/mol. The Labute approximate surface area is 69.6 Å². The number of rotatable bonds is 4. The first kappa shape index (κ1) is 9.96. The van der Waals surface area contributed by atoms with Gasteiger partial charge in [-0.3, -0.25) is 0 Å². The average Bonchev–Trinajstić information content (AvgIpc) is 2.05. The van der Waals surface area contributed by atoms with Gasteiger partial charge in [0.2, 0.25) is 0 Å². The minimum Gasteiger partial charge on any atom is -0.0985 e. The molecule has 0 fully saturated rings. The van der Waals surface area contributed by atoms with E-state index in [0.29, 0.717) is 0 Å². The molecular formula is C11H16. The van der Waals surface area contributed by atoms with Crippen LogP contribution < -0.4 is 0 Å². The first-order chi connectivity index (χ1) is 5.35. The standard InChI is InChI=1S/C11H16/c1-4-7-9-11(6-3)10-8-5-2/h4,6-10H,3,5H2,1-2H3/b7-4-,10-8-,11-9-. The van der Waals surface area contributed by atoms with Crippen LogP contribution >= 0.6 is 0 Å². The van der Waals surface area contributed by atoms with Gasteiger partial charge >= 0.3 is 0 Å². The third-order valence-electron chi connectivity index (χ3n) is 1.26. The second-order valence-electron chi connectivity index (χ2n) is 2.21. The third-order valence-corrected chi connectivity index (χ3v) is 1.26. The van der Waals surface area contributed by atoms with Crippen molar-refractivity contribution in [3.8, 4) is 0 Å². The summed E-state index contributed by atoms with van der Waals surface area (Å²) < 4.78 is 0. The van der Waals surface area contributed by atoms with E-state index in [4.69, 9.17) is 0 Å². The SMILES string of the molecule is C=CC(/C=C\CC)=C/C=C\C. The zero-order valence-corrected chi connectivity index (χ0v) is 7.38. The van der Waals surface area contributed by atoms with Gasteiger partial charge in [-0.15, -0.1) is 0 Å². The molecule has 0 amide bonds. The van der Waals surface area contributed by atoms with Gasteiger partial charge in [0.25, 0.3) is 0 Å². The summed E-state index contributed by atoms with van der Waals surface area (Å²) >= 11 is 0. The highest BCUT2D eigenvalue weighted by Gasteiger charge is 1.78. The molecule has 0 spiro atoms. The Morgan fingerprint density at radius 1 is 1.45 bits per heavy atom. The van der Waals surface area contributed by atoms with Crippen molar-refractivity contribution in [1.82, 2.24) is 0 Å². The summed E-state index contributed by atoms with van der Waals surface area (Å²) in [6.45, 7) is 7.83. The molecule has 0 nitrogen and oxygen atoms in total. The van der Waals surface area contributed by atoms with E-state index >= 15 is 0 Å². The highest BCUT2D eigenvalue weighted by Crippen LogP contribution is 1.99. The lowest BCUT2D eigenvalue weighted by molar-refractivity contribution is 1.22.